The molecule has 7 nitrogen and oxygen atoms in total. The third-order valence-electron chi connectivity index (χ3n) is 5.97. The Hall–Kier alpha value is -3.97. The molecule has 1 aliphatic carbocycles. The summed E-state index contributed by atoms with van der Waals surface area (Å²) in [5, 5.41) is 3.85. The van der Waals surface area contributed by atoms with E-state index in [4.69, 9.17) is 4.74 Å². The molecule has 0 bridgehead atoms. The lowest BCUT2D eigenvalue weighted by Crippen LogP contribution is -2.19. The molecule has 7 heteroatoms. The molecule has 4 aromatic rings. The molecular weight excluding hydrogens is 428 g/mol. The molecule has 1 aliphatic rings. The number of carbonyl (C=O) groups is 1. The smallest absolute Gasteiger partial charge is 0.250 e. The number of amides is 1. The van der Waals surface area contributed by atoms with Crippen molar-refractivity contribution in [3.63, 3.8) is 0 Å². The highest BCUT2D eigenvalue weighted by Crippen LogP contribution is 2.33. The lowest BCUT2D eigenvalue weighted by atomic mass is 10.0. The molecule has 172 valence electrons. The fraction of sp³-hybridized carbons (Fsp3) is 0.222. The standard InChI is InChI=1S/C27H26N4O3/c1-34-11-3-6-25(32)30-22-5-2-4-19(12-22)21-13-23-24(15-29-27(23)28-14-21)20-9-10-26(33)31(17-20)16-18-7-8-18/h2-6,9-10,12-15,17-18H,7-8,11,16H2,1H3,(H,28,29)(H,30,32)/b6-3+. The number of pyridine rings is 2. The van der Waals surface area contributed by atoms with Crippen LogP contribution in [-0.4, -0.2) is 34.2 Å². The van der Waals surface area contributed by atoms with E-state index in [9.17, 15) is 9.59 Å². The molecular formula is C27H26N4O3. The van der Waals surface area contributed by atoms with Crippen LogP contribution in [0.15, 0.2) is 78.0 Å². The summed E-state index contributed by atoms with van der Waals surface area (Å²) >= 11 is 0. The van der Waals surface area contributed by atoms with Crippen molar-refractivity contribution in [2.75, 3.05) is 19.0 Å². The summed E-state index contributed by atoms with van der Waals surface area (Å²) in [6.07, 6.45) is 11.2. The van der Waals surface area contributed by atoms with Crippen LogP contribution in [0, 0.1) is 5.92 Å². The van der Waals surface area contributed by atoms with Crippen LogP contribution in [0.1, 0.15) is 12.8 Å². The number of benzene rings is 1. The summed E-state index contributed by atoms with van der Waals surface area (Å²) in [6, 6.07) is 13.3. The van der Waals surface area contributed by atoms with Crippen molar-refractivity contribution in [2.24, 2.45) is 5.92 Å². The second kappa shape index (κ2) is 9.49. The molecule has 2 N–H and O–H groups in total. The summed E-state index contributed by atoms with van der Waals surface area (Å²) in [6.45, 7) is 1.16. The first-order chi connectivity index (χ1) is 16.6. The SMILES string of the molecule is COC/C=C/C(=O)Nc1cccc(-c2cnc3[nH]cc(-c4ccc(=O)n(CC5CC5)c4)c3c2)c1. The van der Waals surface area contributed by atoms with Gasteiger partial charge < -0.3 is 19.6 Å². The van der Waals surface area contributed by atoms with Crippen LogP contribution >= 0.6 is 0 Å². The third-order valence-corrected chi connectivity index (χ3v) is 5.97. The topological polar surface area (TPSA) is 89.0 Å². The van der Waals surface area contributed by atoms with Crippen LogP contribution < -0.4 is 10.9 Å². The van der Waals surface area contributed by atoms with Gasteiger partial charge in [-0.15, -0.1) is 0 Å². The van der Waals surface area contributed by atoms with E-state index in [0.717, 1.165) is 39.8 Å². The summed E-state index contributed by atoms with van der Waals surface area (Å²) in [7, 11) is 1.58. The van der Waals surface area contributed by atoms with Crippen LogP contribution in [0.5, 0.6) is 0 Å². The van der Waals surface area contributed by atoms with Gasteiger partial charge in [-0.05, 0) is 48.6 Å². The Bertz CT molecular complexity index is 1430. The van der Waals surface area contributed by atoms with Crippen LogP contribution in [-0.2, 0) is 16.1 Å². The molecule has 34 heavy (non-hydrogen) atoms. The average molecular weight is 455 g/mol. The highest BCUT2D eigenvalue weighted by molar-refractivity contribution is 6.00. The average Bonchev–Trinajstić information content (AvgIpc) is 3.56. The molecule has 1 fully saturated rings. The van der Waals surface area contributed by atoms with E-state index in [-0.39, 0.29) is 11.5 Å². The number of carbonyl (C=O) groups excluding carboxylic acids is 1. The van der Waals surface area contributed by atoms with Crippen molar-refractivity contribution in [2.45, 2.75) is 19.4 Å². The van der Waals surface area contributed by atoms with Crippen molar-refractivity contribution in [1.82, 2.24) is 14.5 Å². The molecule has 1 aromatic carbocycles. The Morgan fingerprint density at radius 2 is 2.09 bits per heavy atom. The van der Waals surface area contributed by atoms with Gasteiger partial charge >= 0.3 is 0 Å². The zero-order valence-corrected chi connectivity index (χ0v) is 19.0. The van der Waals surface area contributed by atoms with Gasteiger partial charge in [0, 0.05) is 72.2 Å². The van der Waals surface area contributed by atoms with Gasteiger partial charge in [0.2, 0.25) is 5.91 Å². The number of methoxy groups -OCH3 is 1. The number of hydrogen-bond acceptors (Lipinski definition) is 4. The first kappa shape index (κ1) is 21.9. The summed E-state index contributed by atoms with van der Waals surface area (Å²) in [5.74, 6) is 0.407. The molecule has 0 spiro atoms. The van der Waals surface area contributed by atoms with Crippen molar-refractivity contribution in [1.29, 1.82) is 0 Å². The first-order valence-electron chi connectivity index (χ1n) is 11.4. The van der Waals surface area contributed by atoms with Gasteiger partial charge in [-0.25, -0.2) is 4.98 Å². The van der Waals surface area contributed by atoms with E-state index >= 15 is 0 Å². The molecule has 0 unspecified atom stereocenters. The predicted octanol–water partition coefficient (Wildman–Crippen LogP) is 4.61. The maximum Gasteiger partial charge on any atom is 0.250 e. The van der Waals surface area contributed by atoms with Gasteiger partial charge in [-0.3, -0.25) is 9.59 Å². The van der Waals surface area contributed by atoms with Gasteiger partial charge in [0.15, 0.2) is 0 Å². The molecule has 1 amide bonds. The summed E-state index contributed by atoms with van der Waals surface area (Å²) in [4.78, 5) is 32.2. The summed E-state index contributed by atoms with van der Waals surface area (Å²) in [5.41, 5.74) is 5.38. The van der Waals surface area contributed by atoms with E-state index < -0.39 is 0 Å². The van der Waals surface area contributed by atoms with Gasteiger partial charge in [0.1, 0.15) is 5.65 Å². The zero-order valence-electron chi connectivity index (χ0n) is 19.0. The number of fused-ring (bicyclic) bond motifs is 1. The first-order valence-corrected chi connectivity index (χ1v) is 11.4. The van der Waals surface area contributed by atoms with Crippen molar-refractivity contribution in [3.05, 3.63) is 83.6 Å². The minimum absolute atomic E-state index is 0.0326. The van der Waals surface area contributed by atoms with Gasteiger partial charge in [0.05, 0.1) is 6.61 Å². The van der Waals surface area contributed by atoms with Gasteiger partial charge in [-0.2, -0.15) is 0 Å². The number of aromatic nitrogens is 3. The monoisotopic (exact) mass is 454 g/mol. The Morgan fingerprint density at radius 1 is 1.21 bits per heavy atom. The third kappa shape index (κ3) is 4.84. The number of ether oxygens (including phenoxy) is 1. The Morgan fingerprint density at radius 3 is 2.91 bits per heavy atom. The summed E-state index contributed by atoms with van der Waals surface area (Å²) < 4.78 is 6.74. The van der Waals surface area contributed by atoms with Crippen molar-refractivity contribution >= 4 is 22.6 Å². The van der Waals surface area contributed by atoms with Crippen molar-refractivity contribution in [3.8, 4) is 22.3 Å². The number of H-pyrrole nitrogens is 1. The molecule has 3 aromatic heterocycles. The number of aromatic amines is 1. The minimum Gasteiger partial charge on any atom is -0.381 e. The number of rotatable bonds is 8. The number of anilines is 1. The van der Waals surface area contributed by atoms with Crippen LogP contribution in [0.4, 0.5) is 5.69 Å². The highest BCUT2D eigenvalue weighted by Gasteiger charge is 2.22. The second-order valence-electron chi connectivity index (χ2n) is 8.60. The molecule has 0 aliphatic heterocycles. The molecule has 3 heterocycles. The molecule has 0 saturated heterocycles. The van der Waals surface area contributed by atoms with Gasteiger partial charge in [0.25, 0.3) is 5.56 Å². The van der Waals surface area contributed by atoms with E-state index in [0.29, 0.717) is 18.2 Å². The van der Waals surface area contributed by atoms with Crippen LogP contribution in [0.2, 0.25) is 0 Å². The van der Waals surface area contributed by atoms with Crippen molar-refractivity contribution < 1.29 is 9.53 Å². The Labute approximate surface area is 197 Å². The van der Waals surface area contributed by atoms with E-state index in [2.05, 4.69) is 21.4 Å². The fourth-order valence-corrected chi connectivity index (χ4v) is 4.02. The predicted molar refractivity (Wildman–Crippen MR) is 134 cm³/mol. The van der Waals surface area contributed by atoms with Crippen LogP contribution in [0.25, 0.3) is 33.3 Å². The van der Waals surface area contributed by atoms with E-state index in [1.807, 2.05) is 53.5 Å². The number of nitrogens with zero attached hydrogens (tertiary/aromatic N) is 2. The normalized spacial score (nSPS) is 13.6. The quantitative estimate of drug-likeness (QED) is 0.381. The molecule has 0 atom stereocenters. The highest BCUT2D eigenvalue weighted by atomic mass is 16.5. The fourth-order valence-electron chi connectivity index (χ4n) is 4.02. The maximum absolute atomic E-state index is 12.3. The Kier molecular flexibility index (Phi) is 6.10. The Balaban J connectivity index is 1.45. The molecule has 5 rings (SSSR count). The number of nitrogens with one attached hydrogen (secondary N) is 2. The molecule has 0 radical (unpaired) electrons. The molecule has 1 saturated carbocycles. The van der Waals surface area contributed by atoms with E-state index in [1.165, 1.54) is 18.9 Å². The van der Waals surface area contributed by atoms with E-state index in [1.54, 1.807) is 19.3 Å². The lowest BCUT2D eigenvalue weighted by Gasteiger charge is -2.08. The zero-order chi connectivity index (χ0) is 23.5. The number of hydrogen-bond donors (Lipinski definition) is 2. The second-order valence-corrected chi connectivity index (χ2v) is 8.60. The maximum atomic E-state index is 12.3. The lowest BCUT2D eigenvalue weighted by molar-refractivity contribution is -0.111. The van der Waals surface area contributed by atoms with Crippen LogP contribution in [0.3, 0.4) is 0 Å². The largest absolute Gasteiger partial charge is 0.381 e. The minimum atomic E-state index is -0.211. The van der Waals surface area contributed by atoms with Gasteiger partial charge in [-0.1, -0.05) is 18.2 Å².